The van der Waals surface area contributed by atoms with Crippen LogP contribution in [0.15, 0.2) is 18.2 Å². The highest BCUT2D eigenvalue weighted by Crippen LogP contribution is 2.25. The lowest BCUT2D eigenvalue weighted by Crippen LogP contribution is -2.12. The number of hydrogen-bond donors (Lipinski definition) is 1. The van der Waals surface area contributed by atoms with Crippen molar-refractivity contribution in [2.24, 2.45) is 5.73 Å². The minimum atomic E-state index is -0.243. The highest BCUT2D eigenvalue weighted by molar-refractivity contribution is 5.73. The molecule has 0 radical (unpaired) electrons. The summed E-state index contributed by atoms with van der Waals surface area (Å²) >= 11 is 0. The standard InChI is InChI=1S/C14H21NO3/c1-10(2)13-5-4-12(18-7-6-15)8-11(13)9-14(16)17-3/h4-5,8,10H,6-7,9,15H2,1-3H3. The lowest BCUT2D eigenvalue weighted by atomic mass is 9.95. The molecule has 4 nitrogen and oxygen atoms in total. The molecule has 100 valence electrons. The Bertz CT molecular complexity index is 402. The van der Waals surface area contributed by atoms with Crippen LogP contribution in [0, 0.1) is 0 Å². The summed E-state index contributed by atoms with van der Waals surface area (Å²) in [6.07, 6.45) is 0.268. The third-order valence-electron chi connectivity index (χ3n) is 2.69. The molecule has 2 N–H and O–H groups in total. The van der Waals surface area contributed by atoms with E-state index in [1.165, 1.54) is 7.11 Å². The molecule has 0 unspecified atom stereocenters. The Kier molecular flexibility index (Phi) is 5.65. The summed E-state index contributed by atoms with van der Waals surface area (Å²) in [5.41, 5.74) is 7.49. The first-order valence-electron chi connectivity index (χ1n) is 6.11. The Morgan fingerprint density at radius 3 is 2.67 bits per heavy atom. The van der Waals surface area contributed by atoms with E-state index in [-0.39, 0.29) is 12.4 Å². The first kappa shape index (κ1) is 14.5. The molecule has 18 heavy (non-hydrogen) atoms. The first-order chi connectivity index (χ1) is 8.58. The maximum atomic E-state index is 11.4. The Morgan fingerprint density at radius 2 is 2.11 bits per heavy atom. The van der Waals surface area contributed by atoms with Crippen molar-refractivity contribution in [2.75, 3.05) is 20.3 Å². The molecule has 0 fully saturated rings. The molecule has 1 aromatic rings. The highest BCUT2D eigenvalue weighted by Gasteiger charge is 2.12. The number of nitrogens with two attached hydrogens (primary N) is 1. The average molecular weight is 251 g/mol. The molecule has 0 aromatic heterocycles. The maximum Gasteiger partial charge on any atom is 0.309 e. The van der Waals surface area contributed by atoms with Crippen LogP contribution in [-0.4, -0.2) is 26.2 Å². The molecule has 0 aliphatic heterocycles. The van der Waals surface area contributed by atoms with E-state index < -0.39 is 0 Å². The van der Waals surface area contributed by atoms with E-state index in [4.69, 9.17) is 15.2 Å². The van der Waals surface area contributed by atoms with E-state index in [2.05, 4.69) is 13.8 Å². The summed E-state index contributed by atoms with van der Waals surface area (Å²) < 4.78 is 10.2. The van der Waals surface area contributed by atoms with Crippen molar-refractivity contribution in [2.45, 2.75) is 26.2 Å². The van der Waals surface area contributed by atoms with Crippen LogP contribution in [-0.2, 0) is 16.0 Å². The van der Waals surface area contributed by atoms with Crippen LogP contribution in [0.2, 0.25) is 0 Å². The van der Waals surface area contributed by atoms with Gasteiger partial charge in [-0.2, -0.15) is 0 Å². The molecule has 0 bridgehead atoms. The van der Waals surface area contributed by atoms with E-state index in [0.717, 1.165) is 16.9 Å². The van der Waals surface area contributed by atoms with Crippen molar-refractivity contribution in [1.82, 2.24) is 0 Å². The molecule has 1 aromatic carbocycles. The Hall–Kier alpha value is -1.55. The topological polar surface area (TPSA) is 61.5 Å². The lowest BCUT2D eigenvalue weighted by Gasteiger charge is -2.14. The lowest BCUT2D eigenvalue weighted by molar-refractivity contribution is -0.139. The summed E-state index contributed by atoms with van der Waals surface area (Å²) in [6.45, 7) is 5.13. The number of rotatable bonds is 6. The zero-order valence-corrected chi connectivity index (χ0v) is 11.2. The van der Waals surface area contributed by atoms with E-state index in [1.54, 1.807) is 0 Å². The maximum absolute atomic E-state index is 11.4. The van der Waals surface area contributed by atoms with Crippen LogP contribution >= 0.6 is 0 Å². The molecular weight excluding hydrogens is 230 g/mol. The molecular formula is C14H21NO3. The largest absolute Gasteiger partial charge is 0.492 e. The molecule has 4 heteroatoms. The van der Waals surface area contributed by atoms with Gasteiger partial charge in [0.1, 0.15) is 12.4 Å². The van der Waals surface area contributed by atoms with Gasteiger partial charge in [-0.15, -0.1) is 0 Å². The van der Waals surface area contributed by atoms with E-state index >= 15 is 0 Å². The third kappa shape index (κ3) is 4.04. The fourth-order valence-corrected chi connectivity index (χ4v) is 1.79. The summed E-state index contributed by atoms with van der Waals surface area (Å²) in [5.74, 6) is 0.852. The second kappa shape index (κ2) is 7.01. The predicted octanol–water partition coefficient (Wildman–Crippen LogP) is 1.86. The van der Waals surface area contributed by atoms with Crippen LogP contribution in [0.3, 0.4) is 0 Å². The van der Waals surface area contributed by atoms with Gasteiger partial charge in [0.15, 0.2) is 0 Å². The van der Waals surface area contributed by atoms with Crippen molar-refractivity contribution < 1.29 is 14.3 Å². The predicted molar refractivity (Wildman–Crippen MR) is 70.8 cm³/mol. The molecule has 0 saturated carbocycles. The minimum absolute atomic E-state index is 0.243. The number of methoxy groups -OCH3 is 1. The summed E-state index contributed by atoms with van der Waals surface area (Å²) in [4.78, 5) is 11.4. The number of hydrogen-bond acceptors (Lipinski definition) is 4. The van der Waals surface area contributed by atoms with Gasteiger partial charge in [0, 0.05) is 6.54 Å². The summed E-state index contributed by atoms with van der Waals surface area (Å²) in [7, 11) is 1.39. The van der Waals surface area contributed by atoms with Crippen molar-refractivity contribution in [3.05, 3.63) is 29.3 Å². The van der Waals surface area contributed by atoms with E-state index in [1.807, 2.05) is 18.2 Å². The first-order valence-corrected chi connectivity index (χ1v) is 6.11. The fourth-order valence-electron chi connectivity index (χ4n) is 1.79. The van der Waals surface area contributed by atoms with Gasteiger partial charge >= 0.3 is 5.97 Å². The van der Waals surface area contributed by atoms with Crippen molar-refractivity contribution in [1.29, 1.82) is 0 Å². The monoisotopic (exact) mass is 251 g/mol. The second-order valence-electron chi connectivity index (χ2n) is 4.41. The Labute approximate surface area is 108 Å². The highest BCUT2D eigenvalue weighted by atomic mass is 16.5. The smallest absolute Gasteiger partial charge is 0.309 e. The quantitative estimate of drug-likeness (QED) is 0.784. The third-order valence-corrected chi connectivity index (χ3v) is 2.69. The number of benzene rings is 1. The molecule has 0 aliphatic carbocycles. The molecule has 0 atom stereocenters. The van der Waals surface area contributed by atoms with Crippen molar-refractivity contribution in [3.63, 3.8) is 0 Å². The Balaban J connectivity index is 2.95. The van der Waals surface area contributed by atoms with E-state index in [9.17, 15) is 4.79 Å². The second-order valence-corrected chi connectivity index (χ2v) is 4.41. The molecule has 1 rings (SSSR count). The van der Waals surface area contributed by atoms with Gasteiger partial charge in [-0.3, -0.25) is 4.79 Å². The summed E-state index contributed by atoms with van der Waals surface area (Å²) in [5, 5.41) is 0. The van der Waals surface area contributed by atoms with Crippen LogP contribution in [0.5, 0.6) is 5.75 Å². The molecule has 0 aliphatic rings. The number of esters is 1. The van der Waals surface area contributed by atoms with Crippen LogP contribution in [0.4, 0.5) is 0 Å². The normalized spacial score (nSPS) is 10.5. The van der Waals surface area contributed by atoms with Gasteiger partial charge in [0.25, 0.3) is 0 Å². The van der Waals surface area contributed by atoms with Crippen molar-refractivity contribution >= 4 is 5.97 Å². The van der Waals surface area contributed by atoms with Gasteiger partial charge in [0.2, 0.25) is 0 Å². The van der Waals surface area contributed by atoms with Gasteiger partial charge < -0.3 is 15.2 Å². The van der Waals surface area contributed by atoms with Crippen LogP contribution < -0.4 is 10.5 Å². The zero-order valence-electron chi connectivity index (χ0n) is 11.2. The number of carbonyl (C=O) groups excluding carboxylic acids is 1. The summed E-state index contributed by atoms with van der Waals surface area (Å²) in [6, 6.07) is 5.79. The van der Waals surface area contributed by atoms with Crippen LogP contribution in [0.25, 0.3) is 0 Å². The molecule has 0 amide bonds. The molecule has 0 heterocycles. The molecule has 0 spiro atoms. The van der Waals surface area contributed by atoms with E-state index in [0.29, 0.717) is 19.1 Å². The minimum Gasteiger partial charge on any atom is -0.492 e. The SMILES string of the molecule is COC(=O)Cc1cc(OCCN)ccc1C(C)C. The van der Waals surface area contributed by atoms with Gasteiger partial charge in [-0.25, -0.2) is 0 Å². The zero-order chi connectivity index (χ0) is 13.5. The Morgan fingerprint density at radius 1 is 1.39 bits per heavy atom. The fraction of sp³-hybridized carbons (Fsp3) is 0.500. The average Bonchev–Trinajstić information content (AvgIpc) is 2.36. The number of carbonyl (C=O) groups is 1. The van der Waals surface area contributed by atoms with Crippen LogP contribution in [0.1, 0.15) is 30.9 Å². The van der Waals surface area contributed by atoms with Crippen molar-refractivity contribution in [3.8, 4) is 5.75 Å². The van der Waals surface area contributed by atoms with Gasteiger partial charge in [0.05, 0.1) is 13.5 Å². The van der Waals surface area contributed by atoms with Gasteiger partial charge in [-0.1, -0.05) is 19.9 Å². The molecule has 0 saturated heterocycles. The van der Waals surface area contributed by atoms with Gasteiger partial charge in [-0.05, 0) is 29.2 Å². The number of ether oxygens (including phenoxy) is 2.